The molecule has 140 valence electrons. The quantitative estimate of drug-likeness (QED) is 0.810. The molecule has 0 radical (unpaired) electrons. The summed E-state index contributed by atoms with van der Waals surface area (Å²) in [5.74, 6) is 0.0588. The molecular formula is C19H24N2O3S2. The Morgan fingerprint density at radius 3 is 2.65 bits per heavy atom. The minimum absolute atomic E-state index is 0.0436. The number of hydrogen-bond acceptors (Lipinski definition) is 5. The Hall–Kier alpha value is -1.60. The number of nitrogens with one attached hydrogen (secondary N) is 1. The second-order valence-electron chi connectivity index (χ2n) is 7.05. The molecule has 2 aromatic rings. The maximum atomic E-state index is 12.4. The van der Waals surface area contributed by atoms with E-state index in [1.807, 2.05) is 13.0 Å². The predicted octanol–water partition coefficient (Wildman–Crippen LogP) is 2.94. The average molecular weight is 393 g/mol. The maximum absolute atomic E-state index is 12.4. The van der Waals surface area contributed by atoms with Crippen molar-refractivity contribution in [3.8, 4) is 0 Å². The molecule has 1 aromatic heterocycles. The van der Waals surface area contributed by atoms with Crippen LogP contribution in [0.2, 0.25) is 0 Å². The van der Waals surface area contributed by atoms with Crippen molar-refractivity contribution in [2.45, 2.75) is 50.4 Å². The number of aromatic nitrogens is 1. The van der Waals surface area contributed by atoms with E-state index in [-0.39, 0.29) is 28.7 Å². The second kappa shape index (κ2) is 7.19. The molecule has 0 aliphatic carbocycles. The lowest BCUT2D eigenvalue weighted by atomic mass is 10.0. The lowest BCUT2D eigenvalue weighted by molar-refractivity contribution is -0.120. The number of amides is 1. The molecule has 0 saturated carbocycles. The van der Waals surface area contributed by atoms with E-state index in [9.17, 15) is 13.2 Å². The van der Waals surface area contributed by atoms with Gasteiger partial charge < -0.3 is 5.32 Å². The molecule has 5 nitrogen and oxygen atoms in total. The highest BCUT2D eigenvalue weighted by Crippen LogP contribution is 2.29. The third-order valence-electron chi connectivity index (χ3n) is 4.93. The van der Waals surface area contributed by atoms with Gasteiger partial charge in [-0.05, 0) is 56.9 Å². The van der Waals surface area contributed by atoms with E-state index >= 15 is 0 Å². The van der Waals surface area contributed by atoms with Crippen molar-refractivity contribution in [2.75, 3.05) is 11.5 Å². The van der Waals surface area contributed by atoms with E-state index < -0.39 is 9.84 Å². The largest absolute Gasteiger partial charge is 0.351 e. The summed E-state index contributed by atoms with van der Waals surface area (Å²) in [6, 6.07) is 5.92. The van der Waals surface area contributed by atoms with E-state index in [1.165, 1.54) is 17.3 Å². The standard InChI is InChI=1S/C19H24N2O3S2/c1-11-5-6-16-12(2)9-17(21-18(16)13(11)3)25-14(4)19(22)20-15-7-8-26(23,24)10-15/h5-6,9,14-15H,7-8,10H2,1-4H3,(H,20,22)/t14-,15+/m0/s1. The summed E-state index contributed by atoms with van der Waals surface area (Å²) >= 11 is 1.41. The van der Waals surface area contributed by atoms with Gasteiger partial charge in [-0.3, -0.25) is 4.79 Å². The highest BCUT2D eigenvalue weighted by Gasteiger charge is 2.30. The highest BCUT2D eigenvalue weighted by atomic mass is 32.2. The van der Waals surface area contributed by atoms with Crippen LogP contribution < -0.4 is 5.32 Å². The van der Waals surface area contributed by atoms with Crippen molar-refractivity contribution < 1.29 is 13.2 Å². The molecule has 26 heavy (non-hydrogen) atoms. The van der Waals surface area contributed by atoms with Crippen molar-refractivity contribution in [3.05, 3.63) is 34.9 Å². The van der Waals surface area contributed by atoms with E-state index in [1.54, 1.807) is 0 Å². The van der Waals surface area contributed by atoms with Gasteiger partial charge in [0.05, 0.1) is 27.3 Å². The summed E-state index contributed by atoms with van der Waals surface area (Å²) in [6.45, 7) is 8.01. The molecule has 0 unspecified atom stereocenters. The van der Waals surface area contributed by atoms with Crippen LogP contribution in [0.1, 0.15) is 30.0 Å². The zero-order valence-electron chi connectivity index (χ0n) is 15.5. The zero-order valence-corrected chi connectivity index (χ0v) is 17.1. The first-order valence-corrected chi connectivity index (χ1v) is 11.4. The van der Waals surface area contributed by atoms with Crippen LogP contribution in [-0.2, 0) is 14.6 Å². The Kier molecular flexibility index (Phi) is 5.30. The van der Waals surface area contributed by atoms with Gasteiger partial charge in [-0.15, -0.1) is 0 Å². The Labute approximate surface area is 158 Å². The molecule has 2 heterocycles. The summed E-state index contributed by atoms with van der Waals surface area (Å²) < 4.78 is 23.1. The topological polar surface area (TPSA) is 76.1 Å². The summed E-state index contributed by atoms with van der Waals surface area (Å²) in [6.07, 6.45) is 0.497. The van der Waals surface area contributed by atoms with E-state index in [0.29, 0.717) is 6.42 Å². The van der Waals surface area contributed by atoms with Gasteiger partial charge in [0.15, 0.2) is 9.84 Å². The molecule has 2 atom stereocenters. The summed E-state index contributed by atoms with van der Waals surface area (Å²) in [5, 5.41) is 4.46. The van der Waals surface area contributed by atoms with Gasteiger partial charge in [-0.1, -0.05) is 23.9 Å². The van der Waals surface area contributed by atoms with Gasteiger partial charge >= 0.3 is 0 Å². The van der Waals surface area contributed by atoms with Crippen LogP contribution in [0.25, 0.3) is 10.9 Å². The van der Waals surface area contributed by atoms with Crippen LogP contribution in [0, 0.1) is 20.8 Å². The number of pyridine rings is 1. The van der Waals surface area contributed by atoms with Crippen molar-refractivity contribution >= 4 is 38.4 Å². The third-order valence-corrected chi connectivity index (χ3v) is 7.72. The fraction of sp³-hybridized carbons (Fsp3) is 0.474. The maximum Gasteiger partial charge on any atom is 0.233 e. The number of fused-ring (bicyclic) bond motifs is 1. The fourth-order valence-corrected chi connectivity index (χ4v) is 5.79. The van der Waals surface area contributed by atoms with Crippen LogP contribution in [0.4, 0.5) is 0 Å². The number of sulfone groups is 1. The molecule has 3 rings (SSSR count). The molecule has 1 saturated heterocycles. The van der Waals surface area contributed by atoms with Crippen molar-refractivity contribution in [2.24, 2.45) is 0 Å². The molecule has 1 aromatic carbocycles. The molecule has 0 spiro atoms. The van der Waals surface area contributed by atoms with Gasteiger partial charge in [0.25, 0.3) is 0 Å². The number of carbonyl (C=O) groups excluding carboxylic acids is 1. The van der Waals surface area contributed by atoms with Gasteiger partial charge in [0, 0.05) is 11.4 Å². The van der Waals surface area contributed by atoms with Crippen molar-refractivity contribution in [1.82, 2.24) is 10.3 Å². The van der Waals surface area contributed by atoms with E-state index in [4.69, 9.17) is 4.98 Å². The number of aryl methyl sites for hydroxylation is 3. The van der Waals surface area contributed by atoms with Gasteiger partial charge in [0.2, 0.25) is 5.91 Å². The molecule has 1 aliphatic heterocycles. The summed E-state index contributed by atoms with van der Waals surface area (Å²) in [5.41, 5.74) is 4.46. The SMILES string of the molecule is Cc1ccc2c(C)cc(S[C@@H](C)C(=O)N[C@@H]3CCS(=O)(=O)C3)nc2c1C. The molecule has 0 bridgehead atoms. The first-order valence-electron chi connectivity index (χ1n) is 8.71. The van der Waals surface area contributed by atoms with Crippen LogP contribution >= 0.6 is 11.8 Å². The molecule has 1 fully saturated rings. The fourth-order valence-electron chi connectivity index (χ4n) is 3.19. The minimum atomic E-state index is -3.00. The molecule has 7 heteroatoms. The first-order chi connectivity index (χ1) is 12.2. The monoisotopic (exact) mass is 392 g/mol. The number of rotatable bonds is 4. The number of nitrogens with zero attached hydrogens (tertiary/aromatic N) is 1. The first kappa shape index (κ1) is 19.2. The van der Waals surface area contributed by atoms with Gasteiger partial charge in [0.1, 0.15) is 0 Å². The zero-order chi connectivity index (χ0) is 19.1. The molecule has 1 N–H and O–H groups in total. The predicted molar refractivity (Wildman–Crippen MR) is 106 cm³/mol. The van der Waals surface area contributed by atoms with Crippen LogP contribution in [0.15, 0.2) is 23.2 Å². The number of benzene rings is 1. The van der Waals surface area contributed by atoms with Crippen LogP contribution in [0.3, 0.4) is 0 Å². The minimum Gasteiger partial charge on any atom is -0.351 e. The van der Waals surface area contributed by atoms with Crippen LogP contribution in [0.5, 0.6) is 0 Å². The Bertz CT molecular complexity index is 970. The number of thioether (sulfide) groups is 1. The molecule has 1 aliphatic rings. The Morgan fingerprint density at radius 2 is 2.00 bits per heavy atom. The van der Waals surface area contributed by atoms with E-state index in [0.717, 1.165) is 27.1 Å². The highest BCUT2D eigenvalue weighted by molar-refractivity contribution is 8.00. The Morgan fingerprint density at radius 1 is 1.27 bits per heavy atom. The van der Waals surface area contributed by atoms with Gasteiger partial charge in [-0.2, -0.15) is 0 Å². The van der Waals surface area contributed by atoms with E-state index in [2.05, 4.69) is 38.2 Å². The number of hydrogen-bond donors (Lipinski definition) is 1. The lowest BCUT2D eigenvalue weighted by Crippen LogP contribution is -2.39. The second-order valence-corrected chi connectivity index (χ2v) is 10.6. The Balaban J connectivity index is 1.75. The number of carbonyl (C=O) groups is 1. The molecule has 1 amide bonds. The van der Waals surface area contributed by atoms with Crippen LogP contribution in [-0.4, -0.2) is 42.1 Å². The summed E-state index contributed by atoms with van der Waals surface area (Å²) in [7, 11) is -3.00. The average Bonchev–Trinajstić information content (AvgIpc) is 2.90. The molecular weight excluding hydrogens is 368 g/mol. The smallest absolute Gasteiger partial charge is 0.233 e. The van der Waals surface area contributed by atoms with Crippen molar-refractivity contribution in [3.63, 3.8) is 0 Å². The van der Waals surface area contributed by atoms with Crippen molar-refractivity contribution in [1.29, 1.82) is 0 Å². The lowest BCUT2D eigenvalue weighted by Gasteiger charge is -2.16. The van der Waals surface area contributed by atoms with Gasteiger partial charge in [-0.25, -0.2) is 13.4 Å². The third kappa shape index (κ3) is 4.04. The normalized spacial score (nSPS) is 20.2. The summed E-state index contributed by atoms with van der Waals surface area (Å²) in [4.78, 5) is 17.2.